The Balaban J connectivity index is 2.19. The van der Waals surface area contributed by atoms with Gasteiger partial charge in [-0.25, -0.2) is 9.18 Å². The lowest BCUT2D eigenvalue weighted by atomic mass is 10.1. The van der Waals surface area contributed by atoms with E-state index in [1.807, 2.05) is 0 Å². The first-order valence-corrected chi connectivity index (χ1v) is 10.5. The Bertz CT molecular complexity index is 1260. The molecule has 1 amide bonds. The van der Waals surface area contributed by atoms with Crippen LogP contribution >= 0.6 is 11.6 Å². The molecule has 3 aromatic rings. The molecule has 2 aromatic carbocycles. The topological polar surface area (TPSA) is 109 Å². The zero-order valence-corrected chi connectivity index (χ0v) is 19.6. The van der Waals surface area contributed by atoms with Crippen LogP contribution in [-0.4, -0.2) is 48.1 Å². The summed E-state index contributed by atoms with van der Waals surface area (Å²) in [5.74, 6) is -5.45. The average Bonchev–Trinajstić information content (AvgIpc) is 3.17. The maximum Gasteiger partial charge on any atom is 0.493 e. The van der Waals surface area contributed by atoms with E-state index in [-0.39, 0.29) is 51.7 Å². The van der Waals surface area contributed by atoms with Crippen molar-refractivity contribution in [3.8, 4) is 22.8 Å². The number of aryl methyl sites for hydroxylation is 1. The van der Waals surface area contributed by atoms with Crippen LogP contribution in [0.3, 0.4) is 0 Å². The first kappa shape index (κ1) is 26.8. The number of alkyl halides is 3. The molecule has 14 heteroatoms. The van der Waals surface area contributed by atoms with Crippen molar-refractivity contribution in [2.24, 2.45) is 12.8 Å². The van der Waals surface area contributed by atoms with E-state index in [1.165, 1.54) is 35.1 Å². The predicted molar refractivity (Wildman–Crippen MR) is 120 cm³/mol. The number of halogens is 5. The van der Waals surface area contributed by atoms with Gasteiger partial charge < -0.3 is 20.0 Å². The zero-order valence-electron chi connectivity index (χ0n) is 18.8. The van der Waals surface area contributed by atoms with Crippen molar-refractivity contribution >= 4 is 29.2 Å². The monoisotopic (exact) mass is 530 g/mol. The molecular weight excluding hydrogens is 512 g/mol. The van der Waals surface area contributed by atoms with E-state index >= 15 is 0 Å². The quantitative estimate of drug-likeness (QED) is 0.364. The number of amides is 1. The van der Waals surface area contributed by atoms with Gasteiger partial charge in [-0.15, -0.1) is 5.06 Å². The number of hydroxylamine groups is 1. The number of nitrogens with two attached hydrogens (primary N) is 1. The van der Waals surface area contributed by atoms with Gasteiger partial charge in [0.05, 0.1) is 35.3 Å². The molecule has 192 valence electrons. The number of carbonyl (C=O) groups is 2. The van der Waals surface area contributed by atoms with Crippen LogP contribution in [-0.2, 0) is 16.7 Å². The smallest absolute Gasteiger partial charge is 0.493 e. The van der Waals surface area contributed by atoms with E-state index in [4.69, 9.17) is 26.8 Å². The van der Waals surface area contributed by atoms with Crippen LogP contribution < -0.4 is 20.3 Å². The van der Waals surface area contributed by atoms with Gasteiger partial charge in [-0.05, 0) is 30.3 Å². The lowest BCUT2D eigenvalue weighted by molar-refractivity contribution is -0.200. The highest BCUT2D eigenvalue weighted by Crippen LogP contribution is 2.38. The van der Waals surface area contributed by atoms with Crippen LogP contribution in [0, 0.1) is 5.82 Å². The minimum atomic E-state index is -5.45. The molecule has 0 spiro atoms. The Morgan fingerprint density at radius 2 is 1.92 bits per heavy atom. The van der Waals surface area contributed by atoms with Gasteiger partial charge in [-0.1, -0.05) is 17.7 Å². The fourth-order valence-corrected chi connectivity index (χ4v) is 3.39. The summed E-state index contributed by atoms with van der Waals surface area (Å²) in [6, 6.07) is 7.04. The molecule has 9 nitrogen and oxygen atoms in total. The summed E-state index contributed by atoms with van der Waals surface area (Å²) >= 11 is 6.23. The van der Waals surface area contributed by atoms with Gasteiger partial charge in [0.15, 0.2) is 11.6 Å². The van der Waals surface area contributed by atoms with E-state index in [0.717, 1.165) is 19.2 Å². The van der Waals surface area contributed by atoms with Gasteiger partial charge in [0, 0.05) is 19.2 Å². The number of anilines is 1. The van der Waals surface area contributed by atoms with Gasteiger partial charge >= 0.3 is 12.1 Å². The molecule has 0 fully saturated rings. The van der Waals surface area contributed by atoms with Crippen LogP contribution in [0.4, 0.5) is 23.2 Å². The summed E-state index contributed by atoms with van der Waals surface area (Å²) < 4.78 is 65.7. The Morgan fingerprint density at radius 3 is 2.50 bits per heavy atom. The summed E-state index contributed by atoms with van der Waals surface area (Å²) in [7, 11) is 2.68. The Morgan fingerprint density at radius 1 is 1.19 bits per heavy atom. The number of aromatic nitrogens is 2. The van der Waals surface area contributed by atoms with Crippen LogP contribution in [0.2, 0.25) is 5.02 Å². The molecule has 36 heavy (non-hydrogen) atoms. The van der Waals surface area contributed by atoms with Crippen molar-refractivity contribution in [1.29, 1.82) is 0 Å². The Kier molecular flexibility index (Phi) is 8.05. The number of rotatable bonds is 7. The summed E-state index contributed by atoms with van der Waals surface area (Å²) in [4.78, 5) is 29.3. The second-order valence-electron chi connectivity index (χ2n) is 7.08. The second kappa shape index (κ2) is 10.8. The molecule has 0 saturated heterocycles. The number of hydrogen-bond donors (Lipinski definition) is 1. The molecule has 0 aliphatic carbocycles. The van der Waals surface area contributed by atoms with Gasteiger partial charge in [0.2, 0.25) is 0 Å². The number of hydrogen-bond acceptors (Lipinski definition) is 7. The van der Waals surface area contributed by atoms with Crippen molar-refractivity contribution in [3.05, 3.63) is 59.0 Å². The third-order valence-electron chi connectivity index (χ3n) is 4.73. The third-order valence-corrected chi connectivity index (χ3v) is 5.00. The number of nitrogens with zero attached hydrogens (tertiary/aromatic N) is 3. The van der Waals surface area contributed by atoms with E-state index in [2.05, 4.69) is 9.94 Å². The molecule has 3 rings (SSSR count). The molecule has 0 unspecified atom stereocenters. The van der Waals surface area contributed by atoms with E-state index in [0.29, 0.717) is 0 Å². The van der Waals surface area contributed by atoms with Crippen LogP contribution in [0.1, 0.15) is 10.4 Å². The van der Waals surface area contributed by atoms with Crippen molar-refractivity contribution in [2.45, 2.75) is 6.18 Å². The molecule has 1 aromatic heterocycles. The van der Waals surface area contributed by atoms with Crippen molar-refractivity contribution in [3.63, 3.8) is 0 Å². The fourth-order valence-electron chi connectivity index (χ4n) is 3.13. The molecule has 2 N–H and O–H groups in total. The maximum absolute atomic E-state index is 14.8. The van der Waals surface area contributed by atoms with Gasteiger partial charge in [0.1, 0.15) is 12.4 Å². The van der Waals surface area contributed by atoms with Crippen molar-refractivity contribution in [1.82, 2.24) is 9.78 Å². The highest BCUT2D eigenvalue weighted by Gasteiger charge is 2.44. The maximum atomic E-state index is 14.8. The number of carbonyl (C=O) groups excluding carboxylic acids is 2. The van der Waals surface area contributed by atoms with Crippen LogP contribution in [0.25, 0.3) is 11.3 Å². The highest BCUT2D eigenvalue weighted by atomic mass is 35.5. The summed E-state index contributed by atoms with van der Waals surface area (Å²) in [5, 5.41) is 4.18. The van der Waals surface area contributed by atoms with E-state index in [1.54, 1.807) is 7.05 Å². The third kappa shape index (κ3) is 5.52. The summed E-state index contributed by atoms with van der Waals surface area (Å²) in [6.07, 6.45) is -4.14. The first-order valence-electron chi connectivity index (χ1n) is 10.1. The number of methoxy groups -OCH3 is 1. The lowest BCUT2D eigenvalue weighted by Crippen LogP contribution is -2.39. The van der Waals surface area contributed by atoms with Gasteiger partial charge in [-0.2, -0.15) is 18.3 Å². The number of benzene rings is 2. The van der Waals surface area contributed by atoms with Gasteiger partial charge in [-0.3, -0.25) is 9.48 Å². The molecule has 0 bridgehead atoms. The standard InChI is InChI=1S/C22H19ClF4N4O5/c1-30-19(15(23)11-29-30)14-10-12(6-7-16(14)35-9-8-28)31(36-21(33)22(25,26)27)20(32)13-4-3-5-17(34-2)18(13)24/h3-7,10-11H,8-9,28H2,1-2H3. The highest BCUT2D eigenvalue weighted by molar-refractivity contribution is 6.33. The lowest BCUT2D eigenvalue weighted by Gasteiger charge is -2.23. The van der Waals surface area contributed by atoms with Crippen LogP contribution in [0.5, 0.6) is 11.5 Å². The van der Waals surface area contributed by atoms with Crippen molar-refractivity contribution in [2.75, 3.05) is 25.3 Å². The van der Waals surface area contributed by atoms with E-state index < -0.39 is 29.4 Å². The van der Waals surface area contributed by atoms with E-state index in [9.17, 15) is 27.2 Å². The van der Waals surface area contributed by atoms with Crippen molar-refractivity contribution < 1.29 is 41.5 Å². The molecular formula is C22H19ClF4N4O5. The Hall–Kier alpha value is -3.84. The first-order chi connectivity index (χ1) is 17.0. The van der Waals surface area contributed by atoms with Gasteiger partial charge in [0.25, 0.3) is 5.91 Å². The largest absolute Gasteiger partial charge is 0.494 e. The fraction of sp³-hybridized carbons (Fsp3) is 0.227. The summed E-state index contributed by atoms with van der Waals surface area (Å²) in [6.45, 7) is 0.214. The number of ether oxygens (including phenoxy) is 2. The molecule has 1 heterocycles. The van der Waals surface area contributed by atoms with Crippen LogP contribution in [0.15, 0.2) is 42.6 Å². The summed E-state index contributed by atoms with van der Waals surface area (Å²) in [5.41, 5.74) is 4.86. The molecule has 0 saturated carbocycles. The molecule has 0 aliphatic heterocycles. The molecule has 0 atom stereocenters. The Labute approximate surface area is 206 Å². The zero-order chi connectivity index (χ0) is 26.6. The normalized spacial score (nSPS) is 11.2. The SMILES string of the molecule is COc1cccc(C(=O)N(OC(=O)C(F)(F)F)c2ccc(OCCN)c(-c3c(Cl)cnn3C)c2)c1F. The second-order valence-corrected chi connectivity index (χ2v) is 7.49. The molecule has 0 radical (unpaired) electrons. The minimum Gasteiger partial charge on any atom is -0.494 e. The average molecular weight is 531 g/mol. The molecule has 0 aliphatic rings. The minimum absolute atomic E-state index is 0.0220. The predicted octanol–water partition coefficient (Wildman–Crippen LogP) is 3.89.